The van der Waals surface area contributed by atoms with Crippen molar-refractivity contribution in [3.05, 3.63) is 26.7 Å². The maximum atomic E-state index is 11.0. The molecule has 9 heteroatoms. The van der Waals surface area contributed by atoms with Crippen molar-refractivity contribution in [2.75, 3.05) is 5.73 Å². The van der Waals surface area contributed by atoms with E-state index in [1.807, 2.05) is 0 Å². The van der Waals surface area contributed by atoms with Crippen molar-refractivity contribution in [2.24, 2.45) is 5.14 Å². The summed E-state index contributed by atoms with van der Waals surface area (Å²) < 4.78 is 22.0. The molecule has 7 nitrogen and oxygen atoms in total. The van der Waals surface area contributed by atoms with Crippen molar-refractivity contribution in [3.63, 3.8) is 0 Å². The molecule has 1 aromatic rings. The molecule has 0 heterocycles. The summed E-state index contributed by atoms with van der Waals surface area (Å²) in [6.45, 7) is 0. The van der Waals surface area contributed by atoms with Crippen LogP contribution in [0.3, 0.4) is 0 Å². The van der Waals surface area contributed by atoms with Gasteiger partial charge in [-0.05, 0) is 22.0 Å². The van der Waals surface area contributed by atoms with Gasteiger partial charge in [0.1, 0.15) is 5.69 Å². The van der Waals surface area contributed by atoms with Crippen LogP contribution in [0.25, 0.3) is 0 Å². The molecule has 4 N–H and O–H groups in total. The number of hydrogen-bond donors (Lipinski definition) is 2. The van der Waals surface area contributed by atoms with E-state index in [-0.39, 0.29) is 15.1 Å². The Morgan fingerprint density at radius 1 is 1.40 bits per heavy atom. The summed E-state index contributed by atoms with van der Waals surface area (Å²) in [7, 11) is -3.99. The first-order valence-electron chi connectivity index (χ1n) is 3.49. The van der Waals surface area contributed by atoms with Crippen molar-refractivity contribution in [2.45, 2.75) is 4.90 Å². The molecule has 0 aliphatic carbocycles. The molecule has 0 aliphatic rings. The summed E-state index contributed by atoms with van der Waals surface area (Å²) in [4.78, 5) is 9.37. The first kappa shape index (κ1) is 11.9. The first-order chi connectivity index (χ1) is 6.73. The Kier molecular flexibility index (Phi) is 2.98. The van der Waals surface area contributed by atoms with Crippen molar-refractivity contribution in [1.82, 2.24) is 0 Å². The Balaban J connectivity index is 3.57. The molecular formula is C6H6BrN3O4S. The normalized spacial score (nSPS) is 11.3. The SMILES string of the molecule is Nc1c(Br)cc(S(N)(=O)=O)cc1[N+](=O)[O-]. The third-order valence-electron chi connectivity index (χ3n) is 1.61. The molecule has 0 radical (unpaired) electrons. The van der Waals surface area contributed by atoms with Crippen LogP contribution >= 0.6 is 15.9 Å². The number of primary sulfonamides is 1. The van der Waals surface area contributed by atoms with Crippen LogP contribution in [-0.4, -0.2) is 13.3 Å². The van der Waals surface area contributed by atoms with Gasteiger partial charge in [-0.3, -0.25) is 10.1 Å². The standard InChI is InChI=1S/C6H6BrN3O4S/c7-4-1-3(15(9,13)14)2-5(6(4)8)10(11)12/h1-2H,8H2,(H2,9,13,14). The number of benzene rings is 1. The van der Waals surface area contributed by atoms with Gasteiger partial charge >= 0.3 is 0 Å². The molecule has 0 aromatic heterocycles. The van der Waals surface area contributed by atoms with E-state index in [1.165, 1.54) is 0 Å². The number of nitrogens with zero attached hydrogens (tertiary/aromatic N) is 1. The van der Waals surface area contributed by atoms with Crippen LogP contribution in [0.4, 0.5) is 11.4 Å². The number of nitro groups is 1. The monoisotopic (exact) mass is 295 g/mol. The van der Waals surface area contributed by atoms with E-state index in [2.05, 4.69) is 15.9 Å². The molecule has 0 saturated heterocycles. The zero-order valence-electron chi connectivity index (χ0n) is 7.18. The van der Waals surface area contributed by atoms with Crippen LogP contribution in [0.2, 0.25) is 0 Å². The van der Waals surface area contributed by atoms with Gasteiger partial charge < -0.3 is 5.73 Å². The quantitative estimate of drug-likeness (QED) is 0.468. The third kappa shape index (κ3) is 2.43. The lowest BCUT2D eigenvalue weighted by molar-refractivity contribution is -0.384. The topological polar surface area (TPSA) is 129 Å². The minimum Gasteiger partial charge on any atom is -0.392 e. The second-order valence-corrected chi connectivity index (χ2v) is 5.06. The van der Waals surface area contributed by atoms with Crippen LogP contribution in [0.5, 0.6) is 0 Å². The van der Waals surface area contributed by atoms with Gasteiger partial charge in [0, 0.05) is 10.5 Å². The Hall–Kier alpha value is -1.19. The van der Waals surface area contributed by atoms with E-state index >= 15 is 0 Å². The lowest BCUT2D eigenvalue weighted by Crippen LogP contribution is -2.13. The van der Waals surface area contributed by atoms with Crippen molar-refractivity contribution in [3.8, 4) is 0 Å². The van der Waals surface area contributed by atoms with Gasteiger partial charge in [0.05, 0.1) is 9.82 Å². The lowest BCUT2D eigenvalue weighted by atomic mass is 10.3. The van der Waals surface area contributed by atoms with Crippen LogP contribution < -0.4 is 10.9 Å². The molecule has 0 saturated carbocycles. The lowest BCUT2D eigenvalue weighted by Gasteiger charge is -2.03. The fourth-order valence-corrected chi connectivity index (χ4v) is 2.05. The summed E-state index contributed by atoms with van der Waals surface area (Å²) in [6, 6.07) is 1.92. The minimum absolute atomic E-state index is 0.112. The average Bonchev–Trinajstić information content (AvgIpc) is 2.06. The Bertz CT molecular complexity index is 527. The Morgan fingerprint density at radius 3 is 2.33 bits per heavy atom. The van der Waals surface area contributed by atoms with Crippen molar-refractivity contribution >= 4 is 37.3 Å². The molecule has 1 aromatic carbocycles. The number of nitrogens with two attached hydrogens (primary N) is 2. The molecule has 0 bridgehead atoms. The largest absolute Gasteiger partial charge is 0.392 e. The van der Waals surface area contributed by atoms with Crippen molar-refractivity contribution in [1.29, 1.82) is 0 Å². The smallest absolute Gasteiger partial charge is 0.294 e. The molecular weight excluding hydrogens is 290 g/mol. The molecule has 82 valence electrons. The van der Waals surface area contributed by atoms with E-state index in [9.17, 15) is 18.5 Å². The van der Waals surface area contributed by atoms with Gasteiger partial charge in [0.15, 0.2) is 0 Å². The number of rotatable bonds is 2. The third-order valence-corrected chi connectivity index (χ3v) is 3.16. The fraction of sp³-hybridized carbons (Fsp3) is 0. The van der Waals surface area contributed by atoms with Gasteiger partial charge in [0.2, 0.25) is 10.0 Å². The van der Waals surface area contributed by atoms with E-state index in [0.29, 0.717) is 0 Å². The van der Waals surface area contributed by atoms with E-state index in [4.69, 9.17) is 10.9 Å². The van der Waals surface area contributed by atoms with Gasteiger partial charge in [-0.25, -0.2) is 13.6 Å². The average molecular weight is 296 g/mol. The maximum Gasteiger partial charge on any atom is 0.294 e. The number of anilines is 1. The second-order valence-electron chi connectivity index (χ2n) is 2.64. The molecule has 0 atom stereocenters. The number of nitro benzene ring substituents is 1. The number of halogens is 1. The van der Waals surface area contributed by atoms with E-state index < -0.39 is 20.6 Å². The van der Waals surface area contributed by atoms with E-state index in [1.54, 1.807) is 0 Å². The minimum atomic E-state index is -3.99. The highest BCUT2D eigenvalue weighted by molar-refractivity contribution is 9.10. The molecule has 0 fully saturated rings. The summed E-state index contributed by atoms with van der Waals surface area (Å²) in [6.07, 6.45) is 0. The Labute approximate surface area is 93.4 Å². The Morgan fingerprint density at radius 2 is 1.93 bits per heavy atom. The first-order valence-corrected chi connectivity index (χ1v) is 5.83. The van der Waals surface area contributed by atoms with Gasteiger partial charge in [-0.1, -0.05) is 0 Å². The van der Waals surface area contributed by atoms with Crippen LogP contribution in [0, 0.1) is 10.1 Å². The zero-order chi connectivity index (χ0) is 11.8. The number of hydrogen-bond acceptors (Lipinski definition) is 5. The zero-order valence-corrected chi connectivity index (χ0v) is 9.58. The summed E-state index contributed by atoms with van der Waals surface area (Å²) >= 11 is 2.91. The van der Waals surface area contributed by atoms with Gasteiger partial charge in [-0.2, -0.15) is 0 Å². The molecule has 1 rings (SSSR count). The fourth-order valence-electron chi connectivity index (χ4n) is 0.894. The second kappa shape index (κ2) is 3.76. The predicted molar refractivity (Wildman–Crippen MR) is 56.6 cm³/mol. The summed E-state index contributed by atoms with van der Waals surface area (Å²) in [5.41, 5.74) is 4.72. The van der Waals surface area contributed by atoms with Crippen molar-refractivity contribution < 1.29 is 13.3 Å². The van der Waals surface area contributed by atoms with Crippen LogP contribution in [0.1, 0.15) is 0 Å². The molecule has 0 spiro atoms. The summed E-state index contributed by atoms with van der Waals surface area (Å²) in [5, 5.41) is 15.4. The molecule has 0 aliphatic heterocycles. The molecule has 0 amide bonds. The molecule has 0 unspecified atom stereocenters. The highest BCUT2D eigenvalue weighted by Gasteiger charge is 2.20. The number of sulfonamides is 1. The van der Waals surface area contributed by atoms with Crippen LogP contribution in [0.15, 0.2) is 21.5 Å². The summed E-state index contributed by atoms with van der Waals surface area (Å²) in [5.74, 6) is 0. The highest BCUT2D eigenvalue weighted by atomic mass is 79.9. The van der Waals surface area contributed by atoms with Crippen LogP contribution in [-0.2, 0) is 10.0 Å². The maximum absolute atomic E-state index is 11.0. The van der Waals surface area contributed by atoms with Gasteiger partial charge in [0.25, 0.3) is 5.69 Å². The molecule has 15 heavy (non-hydrogen) atoms. The van der Waals surface area contributed by atoms with Gasteiger partial charge in [-0.15, -0.1) is 0 Å². The number of nitrogen functional groups attached to an aromatic ring is 1. The predicted octanol–water partition coefficient (Wildman–Crippen LogP) is 0.587. The highest BCUT2D eigenvalue weighted by Crippen LogP contribution is 2.32. The van der Waals surface area contributed by atoms with E-state index in [0.717, 1.165) is 12.1 Å².